The van der Waals surface area contributed by atoms with Crippen molar-refractivity contribution >= 4 is 17.3 Å². The van der Waals surface area contributed by atoms with Crippen molar-refractivity contribution in [2.24, 2.45) is 0 Å². The topological polar surface area (TPSA) is 72.2 Å². The molecular weight excluding hydrogens is 372 g/mol. The Labute approximate surface area is 177 Å². The third kappa shape index (κ3) is 4.19. The summed E-state index contributed by atoms with van der Waals surface area (Å²) in [4.78, 5) is 26.6. The number of hydrogen-bond donors (Lipinski definition) is 2. The molecule has 1 aliphatic heterocycles. The zero-order valence-corrected chi connectivity index (χ0v) is 16.9. The van der Waals surface area contributed by atoms with Gasteiger partial charge in [0.2, 0.25) is 0 Å². The molecule has 3 aromatic rings. The van der Waals surface area contributed by atoms with E-state index >= 15 is 0 Å². The van der Waals surface area contributed by atoms with Gasteiger partial charge in [-0.3, -0.25) is 9.59 Å². The molecule has 1 saturated heterocycles. The second-order valence-electron chi connectivity index (χ2n) is 7.79. The fourth-order valence-electron chi connectivity index (χ4n) is 4.11. The van der Waals surface area contributed by atoms with E-state index in [9.17, 15) is 9.59 Å². The van der Waals surface area contributed by atoms with Crippen LogP contribution in [0.4, 0.5) is 5.69 Å². The Morgan fingerprint density at radius 1 is 0.900 bits per heavy atom. The van der Waals surface area contributed by atoms with Crippen LogP contribution >= 0.6 is 0 Å². The number of carbonyl (C=O) groups excluding carboxylic acids is 2. The van der Waals surface area contributed by atoms with E-state index in [4.69, 9.17) is 5.73 Å². The van der Waals surface area contributed by atoms with Gasteiger partial charge in [0.1, 0.15) is 0 Å². The van der Waals surface area contributed by atoms with Crippen LogP contribution < -0.4 is 11.1 Å². The molecular formula is C26H26N2O2. The van der Waals surface area contributed by atoms with Crippen LogP contribution in [0.2, 0.25) is 0 Å². The minimum Gasteiger partial charge on any atom is -0.398 e. The van der Waals surface area contributed by atoms with E-state index in [1.54, 1.807) is 18.2 Å². The predicted molar refractivity (Wildman–Crippen MR) is 120 cm³/mol. The molecule has 1 unspecified atom stereocenters. The fraction of sp³-hybridized carbons (Fsp3) is 0.231. The molecule has 0 saturated carbocycles. The van der Waals surface area contributed by atoms with Crippen molar-refractivity contribution in [2.45, 2.75) is 31.7 Å². The Balaban J connectivity index is 1.77. The maximum atomic E-state index is 13.5. The Morgan fingerprint density at radius 2 is 1.60 bits per heavy atom. The number of anilines is 1. The van der Waals surface area contributed by atoms with E-state index in [0.717, 1.165) is 36.9 Å². The predicted octanol–water partition coefficient (Wildman–Crippen LogP) is 4.42. The number of piperidine rings is 1. The Hall–Kier alpha value is -3.24. The minimum atomic E-state index is -0.252. The second-order valence-corrected chi connectivity index (χ2v) is 7.79. The summed E-state index contributed by atoms with van der Waals surface area (Å²) >= 11 is 0. The molecule has 0 radical (unpaired) electrons. The lowest BCUT2D eigenvalue weighted by atomic mass is 9.87. The number of rotatable bonds is 6. The van der Waals surface area contributed by atoms with Gasteiger partial charge in [0, 0.05) is 16.7 Å². The summed E-state index contributed by atoms with van der Waals surface area (Å²) in [5, 5.41) is 3.33. The molecule has 0 amide bonds. The number of nitrogen functional groups attached to an aromatic ring is 1. The smallest absolute Gasteiger partial charge is 0.195 e. The lowest BCUT2D eigenvalue weighted by Crippen LogP contribution is -2.41. The first-order valence-corrected chi connectivity index (χ1v) is 10.5. The molecule has 4 nitrogen and oxygen atoms in total. The highest BCUT2D eigenvalue weighted by Gasteiger charge is 2.28. The Kier molecular flexibility index (Phi) is 6.05. The monoisotopic (exact) mass is 398 g/mol. The molecule has 30 heavy (non-hydrogen) atoms. The van der Waals surface area contributed by atoms with Gasteiger partial charge < -0.3 is 11.1 Å². The quantitative estimate of drug-likeness (QED) is 0.476. The lowest BCUT2D eigenvalue weighted by molar-refractivity contribution is 0.0927. The van der Waals surface area contributed by atoms with Crippen LogP contribution in [0, 0.1) is 0 Å². The highest BCUT2D eigenvalue weighted by atomic mass is 16.1. The van der Waals surface area contributed by atoms with Gasteiger partial charge in [0.15, 0.2) is 11.6 Å². The molecule has 4 heteroatoms. The van der Waals surface area contributed by atoms with Crippen LogP contribution in [0.15, 0.2) is 72.8 Å². The van der Waals surface area contributed by atoms with Crippen LogP contribution in [-0.2, 0) is 6.42 Å². The number of Topliss-reactive ketones (excluding diaryl/α,β-unsaturated/α-hetero) is 1. The maximum absolute atomic E-state index is 13.5. The van der Waals surface area contributed by atoms with Crippen molar-refractivity contribution in [3.05, 3.63) is 101 Å². The van der Waals surface area contributed by atoms with Gasteiger partial charge in [-0.1, -0.05) is 73.2 Å². The number of hydrogen-bond acceptors (Lipinski definition) is 4. The lowest BCUT2D eigenvalue weighted by Gasteiger charge is -2.24. The molecule has 0 aromatic heterocycles. The summed E-state index contributed by atoms with van der Waals surface area (Å²) in [5.74, 6) is -0.175. The molecule has 152 valence electrons. The summed E-state index contributed by atoms with van der Waals surface area (Å²) in [6.45, 7) is 0.826. The average Bonchev–Trinajstić information content (AvgIpc) is 2.80. The number of benzene rings is 3. The van der Waals surface area contributed by atoms with E-state index in [0.29, 0.717) is 23.1 Å². The highest BCUT2D eigenvalue weighted by Crippen LogP contribution is 2.29. The van der Waals surface area contributed by atoms with Crippen LogP contribution in [0.1, 0.15) is 56.7 Å². The van der Waals surface area contributed by atoms with Gasteiger partial charge in [0.05, 0.1) is 11.7 Å². The van der Waals surface area contributed by atoms with E-state index in [1.165, 1.54) is 0 Å². The SMILES string of the molecule is Nc1c(C(=O)c2ccccc2)ccc(Cc2ccccc2)c1C(=O)C1CCCCN1. The van der Waals surface area contributed by atoms with Crippen LogP contribution in [-0.4, -0.2) is 24.2 Å². The number of carbonyl (C=O) groups is 2. The molecule has 1 aliphatic rings. The number of nitrogens with two attached hydrogens (primary N) is 1. The molecule has 1 heterocycles. The van der Waals surface area contributed by atoms with Crippen molar-refractivity contribution < 1.29 is 9.59 Å². The molecule has 0 bridgehead atoms. The van der Waals surface area contributed by atoms with Crippen molar-refractivity contribution in [3.63, 3.8) is 0 Å². The minimum absolute atomic E-state index is 0.0131. The first-order valence-electron chi connectivity index (χ1n) is 10.5. The third-order valence-electron chi connectivity index (χ3n) is 5.72. The molecule has 4 rings (SSSR count). The number of ketones is 2. The number of nitrogens with one attached hydrogen (secondary N) is 1. The summed E-state index contributed by atoms with van der Waals surface area (Å²) < 4.78 is 0. The summed E-state index contributed by atoms with van der Waals surface area (Å²) in [6.07, 6.45) is 3.47. The Bertz CT molecular complexity index is 1040. The molecule has 3 aromatic carbocycles. The molecule has 3 N–H and O–H groups in total. The largest absolute Gasteiger partial charge is 0.398 e. The van der Waals surface area contributed by atoms with E-state index in [-0.39, 0.29) is 23.3 Å². The Morgan fingerprint density at radius 3 is 2.27 bits per heavy atom. The third-order valence-corrected chi connectivity index (χ3v) is 5.72. The van der Waals surface area contributed by atoms with Gasteiger partial charge in [-0.25, -0.2) is 0 Å². The van der Waals surface area contributed by atoms with E-state index in [1.807, 2.05) is 54.6 Å². The van der Waals surface area contributed by atoms with E-state index in [2.05, 4.69) is 5.32 Å². The van der Waals surface area contributed by atoms with Crippen LogP contribution in [0.5, 0.6) is 0 Å². The molecule has 1 fully saturated rings. The van der Waals surface area contributed by atoms with Crippen molar-refractivity contribution in [1.29, 1.82) is 0 Å². The zero-order chi connectivity index (χ0) is 20.9. The van der Waals surface area contributed by atoms with E-state index < -0.39 is 0 Å². The molecule has 1 atom stereocenters. The van der Waals surface area contributed by atoms with Gasteiger partial charge in [-0.2, -0.15) is 0 Å². The second kappa shape index (κ2) is 9.06. The highest BCUT2D eigenvalue weighted by molar-refractivity contribution is 6.16. The van der Waals surface area contributed by atoms with Crippen molar-refractivity contribution in [3.8, 4) is 0 Å². The standard InChI is InChI=1S/C26H26N2O2/c27-24-21(25(29)19-11-5-2-6-12-19)15-14-20(17-18-9-3-1-4-10-18)23(24)26(30)22-13-7-8-16-28-22/h1-6,9-12,14-15,22,28H,7-8,13,16-17,27H2. The van der Waals surface area contributed by atoms with Crippen molar-refractivity contribution in [1.82, 2.24) is 5.32 Å². The fourth-order valence-corrected chi connectivity index (χ4v) is 4.11. The summed E-state index contributed by atoms with van der Waals surface area (Å²) in [5.41, 5.74) is 10.2. The van der Waals surface area contributed by atoms with Gasteiger partial charge in [-0.05, 0) is 43.0 Å². The van der Waals surface area contributed by atoms with Gasteiger partial charge >= 0.3 is 0 Å². The first kappa shape index (κ1) is 20.0. The normalized spacial score (nSPS) is 16.2. The van der Waals surface area contributed by atoms with Crippen molar-refractivity contribution in [2.75, 3.05) is 12.3 Å². The summed E-state index contributed by atoms with van der Waals surface area (Å²) in [7, 11) is 0. The average molecular weight is 399 g/mol. The zero-order valence-electron chi connectivity index (χ0n) is 16.9. The molecule has 0 spiro atoms. The van der Waals surface area contributed by atoms with Gasteiger partial charge in [-0.15, -0.1) is 0 Å². The maximum Gasteiger partial charge on any atom is 0.195 e. The molecule has 0 aliphatic carbocycles. The van der Waals surface area contributed by atoms with Gasteiger partial charge in [0.25, 0.3) is 0 Å². The first-order chi connectivity index (χ1) is 14.6. The van der Waals surface area contributed by atoms with Crippen LogP contribution in [0.25, 0.3) is 0 Å². The summed E-state index contributed by atoms with van der Waals surface area (Å²) in [6, 6.07) is 22.4. The van der Waals surface area contributed by atoms with Crippen LogP contribution in [0.3, 0.4) is 0 Å².